The molecular formula is C22H25NO5. The summed E-state index contributed by atoms with van der Waals surface area (Å²) in [5.41, 5.74) is 2.27. The summed E-state index contributed by atoms with van der Waals surface area (Å²) in [6.45, 7) is 4.82. The zero-order valence-electron chi connectivity index (χ0n) is 16.4. The molecule has 1 saturated heterocycles. The van der Waals surface area contributed by atoms with Gasteiger partial charge in [-0.3, -0.25) is 19.3 Å². The number of likely N-dealkylation sites (tertiary alicyclic amines) is 1. The number of nitrogens with zero attached hydrogens (tertiary/aromatic N) is 1. The molecule has 28 heavy (non-hydrogen) atoms. The van der Waals surface area contributed by atoms with E-state index < -0.39 is 18.6 Å². The lowest BCUT2D eigenvalue weighted by atomic mass is 9.81. The first-order valence-electron chi connectivity index (χ1n) is 9.93. The minimum atomic E-state index is -1.00. The first-order valence-corrected chi connectivity index (χ1v) is 9.93. The molecule has 2 saturated carbocycles. The average Bonchev–Trinajstić information content (AvgIpc) is 3.34. The van der Waals surface area contributed by atoms with Gasteiger partial charge in [0, 0.05) is 5.56 Å². The highest BCUT2D eigenvalue weighted by Gasteiger charge is 2.62. The van der Waals surface area contributed by atoms with Gasteiger partial charge in [-0.05, 0) is 63.5 Å². The maximum Gasteiger partial charge on any atom is 0.329 e. The van der Waals surface area contributed by atoms with Crippen LogP contribution in [-0.4, -0.2) is 41.1 Å². The van der Waals surface area contributed by atoms with Gasteiger partial charge in [-0.2, -0.15) is 0 Å². The van der Waals surface area contributed by atoms with Crippen molar-refractivity contribution in [2.24, 2.45) is 23.7 Å². The molecule has 2 aliphatic carbocycles. The number of aryl methyl sites for hydroxylation is 2. The van der Waals surface area contributed by atoms with Crippen molar-refractivity contribution < 1.29 is 23.9 Å². The summed E-state index contributed by atoms with van der Waals surface area (Å²) >= 11 is 0. The third-order valence-electron chi connectivity index (χ3n) is 6.73. The van der Waals surface area contributed by atoms with Crippen molar-refractivity contribution in [3.05, 3.63) is 34.9 Å². The quantitative estimate of drug-likeness (QED) is 0.443. The van der Waals surface area contributed by atoms with Gasteiger partial charge in [-0.15, -0.1) is 0 Å². The highest BCUT2D eigenvalue weighted by molar-refractivity contribution is 6.08. The van der Waals surface area contributed by atoms with Crippen LogP contribution in [0.4, 0.5) is 0 Å². The monoisotopic (exact) mass is 383 g/mol. The van der Waals surface area contributed by atoms with Crippen LogP contribution in [0, 0.1) is 37.5 Å². The maximum atomic E-state index is 12.8. The fourth-order valence-corrected chi connectivity index (χ4v) is 5.29. The van der Waals surface area contributed by atoms with E-state index in [1.54, 1.807) is 6.07 Å². The van der Waals surface area contributed by atoms with Crippen LogP contribution in [0.3, 0.4) is 0 Å². The molecule has 6 heteroatoms. The number of benzene rings is 1. The summed E-state index contributed by atoms with van der Waals surface area (Å²) < 4.78 is 5.18. The number of hydrogen-bond donors (Lipinski definition) is 0. The molecule has 5 atom stereocenters. The Bertz CT molecular complexity index is 848. The molecule has 0 unspecified atom stereocenters. The van der Waals surface area contributed by atoms with Gasteiger partial charge in [0.2, 0.25) is 17.6 Å². The summed E-state index contributed by atoms with van der Waals surface area (Å²) in [5.74, 6) is -1.49. The van der Waals surface area contributed by atoms with Gasteiger partial charge in [-0.1, -0.05) is 17.7 Å². The van der Waals surface area contributed by atoms with Crippen LogP contribution in [0.15, 0.2) is 18.2 Å². The molecule has 0 N–H and O–H groups in total. The summed E-state index contributed by atoms with van der Waals surface area (Å²) in [4.78, 5) is 51.6. The first kappa shape index (κ1) is 18.8. The summed E-state index contributed by atoms with van der Waals surface area (Å²) in [7, 11) is 0. The van der Waals surface area contributed by atoms with E-state index in [4.69, 9.17) is 4.74 Å². The molecule has 2 bridgehead atoms. The fraction of sp³-hybridized carbons (Fsp3) is 0.545. The molecule has 3 fully saturated rings. The summed E-state index contributed by atoms with van der Waals surface area (Å²) in [6.07, 6.45) is 2.92. The Labute approximate surface area is 164 Å². The molecule has 0 aromatic heterocycles. The lowest BCUT2D eigenvalue weighted by Gasteiger charge is -2.23. The van der Waals surface area contributed by atoms with Gasteiger partial charge >= 0.3 is 5.97 Å². The zero-order valence-corrected chi connectivity index (χ0v) is 16.4. The molecule has 1 aromatic rings. The van der Waals surface area contributed by atoms with Gasteiger partial charge in [-0.25, -0.2) is 4.79 Å². The normalized spacial score (nSPS) is 29.2. The molecule has 2 amide bonds. The smallest absolute Gasteiger partial charge is 0.329 e. The van der Waals surface area contributed by atoms with E-state index in [-0.39, 0.29) is 41.3 Å². The largest absolute Gasteiger partial charge is 0.456 e. The number of carbonyl (C=O) groups is 4. The van der Waals surface area contributed by atoms with E-state index in [0.29, 0.717) is 5.56 Å². The Morgan fingerprint density at radius 1 is 1.11 bits per heavy atom. The van der Waals surface area contributed by atoms with E-state index in [0.717, 1.165) is 35.3 Å². The molecule has 0 radical (unpaired) electrons. The molecular weight excluding hydrogens is 358 g/mol. The number of hydrogen-bond acceptors (Lipinski definition) is 5. The van der Waals surface area contributed by atoms with Crippen LogP contribution in [-0.2, 0) is 19.1 Å². The van der Waals surface area contributed by atoms with Crippen LogP contribution < -0.4 is 0 Å². The Kier molecular flexibility index (Phi) is 4.60. The Balaban J connectivity index is 1.41. The highest BCUT2D eigenvalue weighted by atomic mass is 16.5. The van der Waals surface area contributed by atoms with Crippen LogP contribution in [0.1, 0.15) is 47.7 Å². The standard InChI is InChI=1S/C22H25NO5/c1-11-4-5-12(2)16(8-11)17(24)10-28-22(27)13(3)23-20(25)18-14-6-7-15(9-14)19(18)21(23)26/h4-5,8,13-15,18-19H,6-7,9-10H2,1-3H3/t13-,14-,15-,18-,19-/m0/s1. The Morgan fingerprint density at radius 2 is 1.71 bits per heavy atom. The number of amides is 2. The third-order valence-corrected chi connectivity index (χ3v) is 6.73. The van der Waals surface area contributed by atoms with Crippen molar-refractivity contribution in [2.45, 2.75) is 46.1 Å². The van der Waals surface area contributed by atoms with Gasteiger partial charge in [0.1, 0.15) is 6.04 Å². The van der Waals surface area contributed by atoms with E-state index in [1.807, 2.05) is 26.0 Å². The van der Waals surface area contributed by atoms with E-state index >= 15 is 0 Å². The van der Waals surface area contributed by atoms with Gasteiger partial charge in [0.05, 0.1) is 11.8 Å². The molecule has 1 aliphatic heterocycles. The van der Waals surface area contributed by atoms with Crippen LogP contribution in [0.25, 0.3) is 0 Å². The molecule has 0 spiro atoms. The fourth-order valence-electron chi connectivity index (χ4n) is 5.29. The van der Waals surface area contributed by atoms with Crippen molar-refractivity contribution in [1.82, 2.24) is 4.90 Å². The van der Waals surface area contributed by atoms with Crippen molar-refractivity contribution >= 4 is 23.6 Å². The minimum absolute atomic E-state index is 0.243. The highest BCUT2D eigenvalue weighted by Crippen LogP contribution is 2.56. The predicted octanol–water partition coefficient (Wildman–Crippen LogP) is 2.45. The second-order valence-corrected chi connectivity index (χ2v) is 8.46. The molecule has 148 valence electrons. The molecule has 4 rings (SSSR count). The van der Waals surface area contributed by atoms with Gasteiger partial charge < -0.3 is 4.74 Å². The topological polar surface area (TPSA) is 80.8 Å². The van der Waals surface area contributed by atoms with Crippen LogP contribution >= 0.6 is 0 Å². The third kappa shape index (κ3) is 2.86. The Hall–Kier alpha value is -2.50. The molecule has 6 nitrogen and oxygen atoms in total. The average molecular weight is 383 g/mol. The summed E-state index contributed by atoms with van der Waals surface area (Å²) in [5, 5.41) is 0. The number of Topliss-reactive ketones (excluding diaryl/α,β-unsaturated/α-hetero) is 1. The number of imide groups is 1. The minimum Gasteiger partial charge on any atom is -0.456 e. The summed E-state index contributed by atoms with van der Waals surface area (Å²) in [6, 6.07) is 4.52. The lowest BCUT2D eigenvalue weighted by molar-refractivity contribution is -0.157. The van der Waals surface area contributed by atoms with Crippen molar-refractivity contribution in [3.8, 4) is 0 Å². The van der Waals surface area contributed by atoms with E-state index in [9.17, 15) is 19.2 Å². The number of esters is 1. The predicted molar refractivity (Wildman–Crippen MR) is 100 cm³/mol. The second kappa shape index (κ2) is 6.83. The first-order chi connectivity index (χ1) is 13.3. The van der Waals surface area contributed by atoms with Gasteiger partial charge in [0.15, 0.2) is 6.61 Å². The molecule has 3 aliphatic rings. The number of ether oxygens (including phenoxy) is 1. The van der Waals surface area contributed by atoms with Crippen LogP contribution in [0.5, 0.6) is 0 Å². The molecule has 1 heterocycles. The van der Waals surface area contributed by atoms with Gasteiger partial charge in [0.25, 0.3) is 0 Å². The second-order valence-electron chi connectivity index (χ2n) is 8.46. The zero-order chi connectivity index (χ0) is 20.2. The number of carbonyl (C=O) groups excluding carboxylic acids is 4. The van der Waals surface area contributed by atoms with Crippen molar-refractivity contribution in [1.29, 1.82) is 0 Å². The maximum absolute atomic E-state index is 12.8. The number of rotatable bonds is 5. The van der Waals surface area contributed by atoms with Crippen LogP contribution in [0.2, 0.25) is 0 Å². The van der Waals surface area contributed by atoms with Crippen molar-refractivity contribution in [2.75, 3.05) is 6.61 Å². The lowest BCUT2D eigenvalue weighted by Crippen LogP contribution is -2.45. The number of fused-ring (bicyclic) bond motifs is 5. The molecule has 1 aromatic carbocycles. The van der Waals surface area contributed by atoms with E-state index in [2.05, 4.69) is 0 Å². The SMILES string of the molecule is Cc1ccc(C)c(C(=O)COC(=O)[C@H](C)N2C(=O)[C@H]3[C@H]4CC[C@@H](C4)[C@@H]3C2=O)c1. The number of ketones is 1. The van der Waals surface area contributed by atoms with Crippen molar-refractivity contribution in [3.63, 3.8) is 0 Å². The van der Waals surface area contributed by atoms with E-state index in [1.165, 1.54) is 6.92 Å². The Morgan fingerprint density at radius 3 is 2.32 bits per heavy atom.